The number of ether oxygens (including phenoxy) is 1. The minimum absolute atomic E-state index is 0.0489. The molecule has 2 aromatic rings. The lowest BCUT2D eigenvalue weighted by molar-refractivity contribution is -0.0497. The van der Waals surface area contributed by atoms with E-state index in [1.807, 2.05) is 0 Å². The summed E-state index contributed by atoms with van der Waals surface area (Å²) in [5, 5.41) is 2.65. The van der Waals surface area contributed by atoms with Crippen molar-refractivity contribution in [2.45, 2.75) is 6.61 Å². The van der Waals surface area contributed by atoms with Crippen LogP contribution < -0.4 is 10.1 Å². The van der Waals surface area contributed by atoms with Crippen LogP contribution in [0.25, 0.3) is 0 Å². The number of aromatic nitrogens is 1. The molecule has 0 aliphatic heterocycles. The highest BCUT2D eigenvalue weighted by Gasteiger charge is 2.12. The van der Waals surface area contributed by atoms with Crippen LogP contribution in [0.3, 0.4) is 0 Å². The van der Waals surface area contributed by atoms with Gasteiger partial charge in [0.25, 0.3) is 5.91 Å². The fourth-order valence-electron chi connectivity index (χ4n) is 1.50. The number of halogens is 4. The lowest BCUT2D eigenvalue weighted by atomic mass is 10.2. The molecule has 0 aliphatic carbocycles. The van der Waals surface area contributed by atoms with Gasteiger partial charge in [-0.05, 0) is 30.3 Å². The van der Waals surface area contributed by atoms with E-state index in [4.69, 9.17) is 23.2 Å². The molecular weight excluding hydrogens is 325 g/mol. The zero-order valence-electron chi connectivity index (χ0n) is 10.3. The maximum absolute atomic E-state index is 12.1. The Morgan fingerprint density at radius 3 is 2.62 bits per heavy atom. The van der Waals surface area contributed by atoms with Crippen LogP contribution in [0.4, 0.5) is 14.5 Å². The fraction of sp³-hybridized carbons (Fsp3) is 0.0769. The third-order valence-corrected chi connectivity index (χ3v) is 2.86. The van der Waals surface area contributed by atoms with Gasteiger partial charge in [0, 0.05) is 5.69 Å². The SMILES string of the molecule is O=C(Nc1ccc(OC(F)F)c(Cl)c1)c1cccc(Cl)n1. The molecule has 0 fully saturated rings. The van der Waals surface area contributed by atoms with E-state index in [-0.39, 0.29) is 21.6 Å². The van der Waals surface area contributed by atoms with Gasteiger partial charge in [-0.1, -0.05) is 29.3 Å². The first-order valence-electron chi connectivity index (χ1n) is 5.64. The molecule has 2 rings (SSSR count). The standard InChI is InChI=1S/C13H8Cl2F2N2O2/c14-8-6-7(4-5-10(8)21-13(16)17)18-12(20)9-2-1-3-11(15)19-9/h1-6,13H,(H,18,20). The molecule has 1 N–H and O–H groups in total. The van der Waals surface area contributed by atoms with Crippen LogP contribution >= 0.6 is 23.2 Å². The third-order valence-electron chi connectivity index (χ3n) is 2.35. The summed E-state index contributed by atoms with van der Waals surface area (Å²) in [5.41, 5.74) is 0.430. The smallest absolute Gasteiger partial charge is 0.387 e. The molecule has 1 heterocycles. The van der Waals surface area contributed by atoms with Crippen LogP contribution in [-0.4, -0.2) is 17.5 Å². The highest BCUT2D eigenvalue weighted by molar-refractivity contribution is 6.32. The van der Waals surface area contributed by atoms with Gasteiger partial charge in [-0.15, -0.1) is 0 Å². The van der Waals surface area contributed by atoms with Gasteiger partial charge < -0.3 is 10.1 Å². The van der Waals surface area contributed by atoms with Crippen LogP contribution in [0.1, 0.15) is 10.5 Å². The molecule has 0 saturated heterocycles. The van der Waals surface area contributed by atoms with Gasteiger partial charge in [-0.3, -0.25) is 4.79 Å². The fourth-order valence-corrected chi connectivity index (χ4v) is 1.89. The Morgan fingerprint density at radius 1 is 1.24 bits per heavy atom. The summed E-state index contributed by atoms with van der Waals surface area (Å²) in [6.45, 7) is -2.97. The van der Waals surface area contributed by atoms with Gasteiger partial charge in [0.1, 0.15) is 16.6 Å². The average Bonchev–Trinajstić information content (AvgIpc) is 2.41. The van der Waals surface area contributed by atoms with Gasteiger partial charge in [0.05, 0.1) is 5.02 Å². The number of hydrogen-bond donors (Lipinski definition) is 1. The highest BCUT2D eigenvalue weighted by Crippen LogP contribution is 2.29. The molecule has 8 heteroatoms. The molecule has 110 valence electrons. The minimum atomic E-state index is -2.97. The molecule has 0 unspecified atom stereocenters. The number of rotatable bonds is 4. The number of anilines is 1. The second-order valence-corrected chi connectivity index (χ2v) is 4.62. The van der Waals surface area contributed by atoms with E-state index in [9.17, 15) is 13.6 Å². The van der Waals surface area contributed by atoms with Crippen molar-refractivity contribution in [3.63, 3.8) is 0 Å². The second kappa shape index (κ2) is 6.69. The molecule has 1 aromatic heterocycles. The molecule has 0 aliphatic rings. The molecule has 0 atom stereocenters. The first-order chi connectivity index (χ1) is 9.95. The molecule has 21 heavy (non-hydrogen) atoms. The van der Waals surface area contributed by atoms with Crippen molar-refractivity contribution in [2.75, 3.05) is 5.32 Å². The van der Waals surface area contributed by atoms with Crippen molar-refractivity contribution in [2.24, 2.45) is 0 Å². The van der Waals surface area contributed by atoms with Crippen LogP contribution in [0.15, 0.2) is 36.4 Å². The van der Waals surface area contributed by atoms with Gasteiger partial charge in [0.2, 0.25) is 0 Å². The Labute approximate surface area is 128 Å². The van der Waals surface area contributed by atoms with Crippen LogP contribution in [0, 0.1) is 0 Å². The zero-order chi connectivity index (χ0) is 15.4. The summed E-state index contributed by atoms with van der Waals surface area (Å²) in [6, 6.07) is 8.50. The predicted molar refractivity (Wildman–Crippen MR) is 75.3 cm³/mol. The maximum Gasteiger partial charge on any atom is 0.387 e. The number of carbonyl (C=O) groups excluding carboxylic acids is 1. The average molecular weight is 333 g/mol. The topological polar surface area (TPSA) is 51.2 Å². The largest absolute Gasteiger partial charge is 0.433 e. The molecule has 4 nitrogen and oxygen atoms in total. The number of carbonyl (C=O) groups is 1. The first-order valence-corrected chi connectivity index (χ1v) is 6.39. The van der Waals surface area contributed by atoms with E-state index < -0.39 is 12.5 Å². The van der Waals surface area contributed by atoms with Gasteiger partial charge >= 0.3 is 6.61 Å². The molecule has 0 radical (unpaired) electrons. The molecule has 1 aromatic carbocycles. The van der Waals surface area contributed by atoms with E-state index in [1.165, 1.54) is 30.3 Å². The Morgan fingerprint density at radius 2 is 2.00 bits per heavy atom. The summed E-state index contributed by atoms with van der Waals surface area (Å²) >= 11 is 11.5. The van der Waals surface area contributed by atoms with Gasteiger partial charge in [-0.2, -0.15) is 8.78 Å². The molecule has 0 saturated carbocycles. The minimum Gasteiger partial charge on any atom is -0.433 e. The summed E-state index contributed by atoms with van der Waals surface area (Å²) in [5.74, 6) is -0.679. The lowest BCUT2D eigenvalue weighted by Crippen LogP contribution is -2.13. The van der Waals surface area contributed by atoms with Gasteiger partial charge in [-0.25, -0.2) is 4.98 Å². The zero-order valence-corrected chi connectivity index (χ0v) is 11.8. The third kappa shape index (κ3) is 4.27. The van der Waals surface area contributed by atoms with Crippen molar-refractivity contribution < 1.29 is 18.3 Å². The summed E-state index contributed by atoms with van der Waals surface area (Å²) in [6.07, 6.45) is 0. The lowest BCUT2D eigenvalue weighted by Gasteiger charge is -2.09. The molecule has 1 amide bonds. The van der Waals surface area contributed by atoms with Crippen molar-refractivity contribution in [3.05, 3.63) is 52.3 Å². The van der Waals surface area contributed by atoms with Crippen LogP contribution in [0.2, 0.25) is 10.2 Å². The number of hydrogen-bond acceptors (Lipinski definition) is 3. The second-order valence-electron chi connectivity index (χ2n) is 3.82. The number of pyridine rings is 1. The highest BCUT2D eigenvalue weighted by atomic mass is 35.5. The van der Waals surface area contributed by atoms with E-state index in [1.54, 1.807) is 6.07 Å². The number of alkyl halides is 2. The Balaban J connectivity index is 2.13. The monoisotopic (exact) mass is 332 g/mol. The Kier molecular flexibility index (Phi) is 4.93. The van der Waals surface area contributed by atoms with Crippen LogP contribution in [0.5, 0.6) is 5.75 Å². The summed E-state index contributed by atoms with van der Waals surface area (Å²) in [4.78, 5) is 15.8. The molecule has 0 spiro atoms. The quantitative estimate of drug-likeness (QED) is 0.852. The number of nitrogens with zero attached hydrogens (tertiary/aromatic N) is 1. The Hall–Kier alpha value is -1.92. The van der Waals surface area contributed by atoms with E-state index in [2.05, 4.69) is 15.0 Å². The Bertz CT molecular complexity index is 668. The summed E-state index contributed by atoms with van der Waals surface area (Å²) < 4.78 is 28.4. The summed E-state index contributed by atoms with van der Waals surface area (Å²) in [7, 11) is 0. The van der Waals surface area contributed by atoms with Crippen molar-refractivity contribution >= 4 is 34.8 Å². The van der Waals surface area contributed by atoms with E-state index in [0.717, 1.165) is 0 Å². The van der Waals surface area contributed by atoms with E-state index >= 15 is 0 Å². The number of nitrogens with one attached hydrogen (secondary N) is 1. The maximum atomic E-state index is 12.1. The first kappa shape index (κ1) is 15.5. The van der Waals surface area contributed by atoms with Crippen molar-refractivity contribution in [1.82, 2.24) is 4.98 Å². The number of benzene rings is 1. The molecule has 0 bridgehead atoms. The molecular formula is C13H8Cl2F2N2O2. The van der Waals surface area contributed by atoms with Gasteiger partial charge in [0.15, 0.2) is 0 Å². The van der Waals surface area contributed by atoms with Crippen LogP contribution in [-0.2, 0) is 0 Å². The normalized spacial score (nSPS) is 10.5. The number of amides is 1. The van der Waals surface area contributed by atoms with Crippen molar-refractivity contribution in [3.8, 4) is 5.75 Å². The van der Waals surface area contributed by atoms with E-state index in [0.29, 0.717) is 5.69 Å². The van der Waals surface area contributed by atoms with Crippen molar-refractivity contribution in [1.29, 1.82) is 0 Å². The predicted octanol–water partition coefficient (Wildman–Crippen LogP) is 4.24.